The monoisotopic (exact) mass is 288 g/mol. The number of amides is 1. The summed E-state index contributed by atoms with van der Waals surface area (Å²) >= 11 is 0. The van der Waals surface area contributed by atoms with Gasteiger partial charge in [0.25, 0.3) is 0 Å². The van der Waals surface area contributed by atoms with Gasteiger partial charge in [-0.1, -0.05) is 18.2 Å². The fourth-order valence-electron chi connectivity index (χ4n) is 3.03. The van der Waals surface area contributed by atoms with Crippen LogP contribution in [0, 0.1) is 0 Å². The Bertz CT molecular complexity index is 499. The highest BCUT2D eigenvalue weighted by atomic mass is 16.2. The second-order valence-corrected chi connectivity index (χ2v) is 5.89. The molecule has 0 unspecified atom stereocenters. The minimum absolute atomic E-state index is 0.207. The Morgan fingerprint density at radius 2 is 1.86 bits per heavy atom. The molecule has 1 aromatic rings. The molecule has 0 bridgehead atoms. The summed E-state index contributed by atoms with van der Waals surface area (Å²) in [5.74, 6) is 0.207. The number of likely N-dealkylation sites (N-methyl/N-ethyl adjacent to an activating group) is 1. The molecule has 1 N–H and O–H groups in total. The van der Waals surface area contributed by atoms with Gasteiger partial charge in [0.1, 0.15) is 0 Å². The lowest BCUT2D eigenvalue weighted by molar-refractivity contribution is -0.129. The first kappa shape index (κ1) is 14.4. The molecule has 21 heavy (non-hydrogen) atoms. The molecule has 2 aliphatic rings. The predicted molar refractivity (Wildman–Crippen MR) is 84.4 cm³/mol. The first-order chi connectivity index (χ1) is 10.2. The van der Waals surface area contributed by atoms with Crippen LogP contribution in [-0.4, -0.2) is 68.6 Å². The third-order valence-corrected chi connectivity index (χ3v) is 4.39. The Morgan fingerprint density at radius 1 is 1.10 bits per heavy atom. The summed E-state index contributed by atoms with van der Waals surface area (Å²) in [7, 11) is 1.88. The third-order valence-electron chi connectivity index (χ3n) is 4.39. The van der Waals surface area contributed by atoms with Crippen molar-refractivity contribution in [3.8, 4) is 0 Å². The van der Waals surface area contributed by atoms with Crippen molar-refractivity contribution in [3.05, 3.63) is 29.8 Å². The second kappa shape index (κ2) is 6.45. The van der Waals surface area contributed by atoms with E-state index in [4.69, 9.17) is 0 Å². The number of anilines is 1. The Hall–Kier alpha value is -1.59. The van der Waals surface area contributed by atoms with Gasteiger partial charge in [0.05, 0.1) is 6.54 Å². The lowest BCUT2D eigenvalue weighted by Gasteiger charge is -2.35. The number of hydrogen-bond donors (Lipinski definition) is 1. The van der Waals surface area contributed by atoms with E-state index in [0.29, 0.717) is 6.54 Å². The fraction of sp³-hybridized carbons (Fsp3) is 0.562. The zero-order valence-electron chi connectivity index (χ0n) is 12.7. The first-order valence-corrected chi connectivity index (χ1v) is 7.74. The van der Waals surface area contributed by atoms with Crippen LogP contribution in [0.25, 0.3) is 0 Å². The number of nitrogens with zero attached hydrogens (tertiary/aromatic N) is 3. The van der Waals surface area contributed by atoms with Crippen LogP contribution in [-0.2, 0) is 11.3 Å². The van der Waals surface area contributed by atoms with Crippen LogP contribution in [0.5, 0.6) is 0 Å². The number of carbonyl (C=O) groups is 1. The number of carbonyl (C=O) groups excluding carboxylic acids is 1. The van der Waals surface area contributed by atoms with Crippen LogP contribution < -0.4 is 10.2 Å². The molecule has 2 heterocycles. The first-order valence-electron chi connectivity index (χ1n) is 7.74. The summed E-state index contributed by atoms with van der Waals surface area (Å²) in [5, 5.41) is 3.39. The van der Waals surface area contributed by atoms with Crippen molar-refractivity contribution in [2.75, 3.05) is 57.8 Å². The fourth-order valence-corrected chi connectivity index (χ4v) is 3.03. The summed E-state index contributed by atoms with van der Waals surface area (Å²) in [6.45, 7) is 7.51. The smallest absolute Gasteiger partial charge is 0.241 e. The maximum Gasteiger partial charge on any atom is 0.241 e. The van der Waals surface area contributed by atoms with Crippen molar-refractivity contribution in [2.45, 2.75) is 6.54 Å². The quantitative estimate of drug-likeness (QED) is 0.872. The largest absolute Gasteiger partial charge is 0.360 e. The van der Waals surface area contributed by atoms with Gasteiger partial charge in [-0.25, -0.2) is 0 Å². The van der Waals surface area contributed by atoms with E-state index >= 15 is 0 Å². The van der Waals surface area contributed by atoms with Gasteiger partial charge in [-0.15, -0.1) is 0 Å². The zero-order chi connectivity index (χ0) is 14.7. The van der Waals surface area contributed by atoms with E-state index in [1.54, 1.807) is 0 Å². The Kier molecular flexibility index (Phi) is 4.41. The van der Waals surface area contributed by atoms with E-state index in [-0.39, 0.29) is 5.91 Å². The molecule has 2 saturated heterocycles. The third kappa shape index (κ3) is 3.36. The highest BCUT2D eigenvalue weighted by Gasteiger charge is 2.23. The molecule has 3 rings (SSSR count). The van der Waals surface area contributed by atoms with Crippen molar-refractivity contribution >= 4 is 11.6 Å². The van der Waals surface area contributed by atoms with Crippen LogP contribution in [0.4, 0.5) is 5.69 Å². The average molecular weight is 288 g/mol. The molecule has 0 atom stereocenters. The lowest BCUT2D eigenvalue weighted by Crippen LogP contribution is -2.49. The summed E-state index contributed by atoms with van der Waals surface area (Å²) in [5.41, 5.74) is 2.55. The minimum atomic E-state index is 0.207. The highest BCUT2D eigenvalue weighted by molar-refractivity contribution is 5.82. The molecule has 1 amide bonds. The van der Waals surface area contributed by atoms with Gasteiger partial charge < -0.3 is 15.1 Å². The zero-order valence-corrected chi connectivity index (χ0v) is 12.7. The standard InChI is InChI=1S/C16H24N4O/c1-18-10-11-20(13-16(18)21)15-5-3-2-4-14(15)12-19-8-6-17-7-9-19/h2-5,17H,6-13H2,1H3. The van der Waals surface area contributed by atoms with Crippen molar-refractivity contribution in [2.24, 2.45) is 0 Å². The van der Waals surface area contributed by atoms with Gasteiger partial charge >= 0.3 is 0 Å². The predicted octanol–water partition coefficient (Wildman–Crippen LogP) is 0.370. The molecule has 0 radical (unpaired) electrons. The summed E-state index contributed by atoms with van der Waals surface area (Å²) < 4.78 is 0. The Labute approximate surface area is 126 Å². The van der Waals surface area contributed by atoms with E-state index in [0.717, 1.165) is 45.8 Å². The van der Waals surface area contributed by atoms with Gasteiger partial charge in [0, 0.05) is 58.5 Å². The molecule has 5 nitrogen and oxygen atoms in total. The van der Waals surface area contributed by atoms with E-state index < -0.39 is 0 Å². The van der Waals surface area contributed by atoms with Crippen LogP contribution >= 0.6 is 0 Å². The second-order valence-electron chi connectivity index (χ2n) is 5.89. The number of benzene rings is 1. The maximum absolute atomic E-state index is 11.9. The SMILES string of the molecule is CN1CCN(c2ccccc2CN2CCNCC2)CC1=O. The number of piperazine rings is 2. The molecule has 0 aromatic heterocycles. The summed E-state index contributed by atoms with van der Waals surface area (Å²) in [4.78, 5) is 18.5. The van der Waals surface area contributed by atoms with Gasteiger partial charge in [-0.3, -0.25) is 9.69 Å². The van der Waals surface area contributed by atoms with Crippen LogP contribution in [0.2, 0.25) is 0 Å². The molecule has 2 aliphatic heterocycles. The molecular weight excluding hydrogens is 264 g/mol. The Balaban J connectivity index is 1.74. The average Bonchev–Trinajstić information content (AvgIpc) is 2.52. The van der Waals surface area contributed by atoms with Gasteiger partial charge in [-0.05, 0) is 11.6 Å². The van der Waals surface area contributed by atoms with E-state index in [1.165, 1.54) is 11.3 Å². The number of hydrogen-bond acceptors (Lipinski definition) is 4. The molecule has 0 spiro atoms. The molecule has 0 aliphatic carbocycles. The lowest BCUT2D eigenvalue weighted by atomic mass is 10.1. The highest BCUT2D eigenvalue weighted by Crippen LogP contribution is 2.23. The number of rotatable bonds is 3. The summed E-state index contributed by atoms with van der Waals surface area (Å²) in [6.07, 6.45) is 0. The normalized spacial score (nSPS) is 20.9. The summed E-state index contributed by atoms with van der Waals surface area (Å²) in [6, 6.07) is 8.51. The number of nitrogens with one attached hydrogen (secondary N) is 1. The van der Waals surface area contributed by atoms with Gasteiger partial charge in [0.2, 0.25) is 5.91 Å². The van der Waals surface area contributed by atoms with E-state index in [2.05, 4.69) is 39.4 Å². The van der Waals surface area contributed by atoms with E-state index in [1.807, 2.05) is 11.9 Å². The van der Waals surface area contributed by atoms with Crippen molar-refractivity contribution in [3.63, 3.8) is 0 Å². The molecule has 1 aromatic carbocycles. The van der Waals surface area contributed by atoms with E-state index in [9.17, 15) is 4.79 Å². The van der Waals surface area contributed by atoms with Crippen LogP contribution in [0.3, 0.4) is 0 Å². The molecular formula is C16H24N4O. The van der Waals surface area contributed by atoms with Crippen molar-refractivity contribution in [1.82, 2.24) is 15.1 Å². The molecule has 5 heteroatoms. The van der Waals surface area contributed by atoms with Crippen LogP contribution in [0.1, 0.15) is 5.56 Å². The Morgan fingerprint density at radius 3 is 2.62 bits per heavy atom. The number of para-hydroxylation sites is 1. The van der Waals surface area contributed by atoms with Gasteiger partial charge in [0.15, 0.2) is 0 Å². The topological polar surface area (TPSA) is 38.8 Å². The maximum atomic E-state index is 11.9. The molecule has 2 fully saturated rings. The molecule has 114 valence electrons. The van der Waals surface area contributed by atoms with Crippen LogP contribution in [0.15, 0.2) is 24.3 Å². The van der Waals surface area contributed by atoms with Crippen molar-refractivity contribution in [1.29, 1.82) is 0 Å². The van der Waals surface area contributed by atoms with Gasteiger partial charge in [-0.2, -0.15) is 0 Å². The molecule has 0 saturated carbocycles. The minimum Gasteiger partial charge on any atom is -0.360 e. The van der Waals surface area contributed by atoms with Crippen molar-refractivity contribution < 1.29 is 4.79 Å².